The van der Waals surface area contributed by atoms with Gasteiger partial charge in [-0.15, -0.1) is 0 Å². The predicted octanol–water partition coefficient (Wildman–Crippen LogP) is 7.70. The molecule has 0 spiro atoms. The number of aliphatic imine (C=N–C) groups is 2. The first kappa shape index (κ1) is 27.7. The Labute approximate surface area is 241 Å². The molecule has 0 atom stereocenters. The van der Waals surface area contributed by atoms with Crippen molar-refractivity contribution in [3.05, 3.63) is 132 Å². The van der Waals surface area contributed by atoms with Gasteiger partial charge in [0.15, 0.2) is 0 Å². The molecule has 190 valence electrons. The second-order valence-electron chi connectivity index (χ2n) is 8.34. The summed E-state index contributed by atoms with van der Waals surface area (Å²) in [5.41, 5.74) is 6.19. The van der Waals surface area contributed by atoms with Crippen molar-refractivity contribution in [3.63, 3.8) is 0 Å². The van der Waals surface area contributed by atoms with Crippen LogP contribution in [0, 0.1) is 27.8 Å². The van der Waals surface area contributed by atoms with E-state index < -0.39 is 27.8 Å². The molecule has 7 heteroatoms. The number of phenolic OH excluding ortho intramolecular Hbond substituents is 2. The SMILES string of the molecule is Oc1cc(-c2ccccc2)ccc1C=Nc1ccccc1N=Cc1cccc(-c2ccccc2)c1O.[O]=[U]=[O]. The Morgan fingerprint density at radius 3 is 1.67 bits per heavy atom. The summed E-state index contributed by atoms with van der Waals surface area (Å²) in [4.78, 5) is 9.18. The van der Waals surface area contributed by atoms with Gasteiger partial charge in [-0.1, -0.05) is 91.0 Å². The normalized spacial score (nSPS) is 10.7. The van der Waals surface area contributed by atoms with Crippen LogP contribution in [0.3, 0.4) is 0 Å². The zero-order valence-electron chi connectivity index (χ0n) is 20.8. The Morgan fingerprint density at radius 1 is 0.538 bits per heavy atom. The number of hydrogen-bond donors (Lipinski definition) is 2. The number of rotatable bonds is 6. The van der Waals surface area contributed by atoms with Crippen LogP contribution in [0.1, 0.15) is 11.1 Å². The van der Waals surface area contributed by atoms with Crippen molar-refractivity contribution in [1.29, 1.82) is 0 Å². The summed E-state index contributed by atoms with van der Waals surface area (Å²) in [6, 6.07) is 38.3. The number of para-hydroxylation sites is 3. The van der Waals surface area contributed by atoms with Gasteiger partial charge in [0.05, 0.1) is 11.4 Å². The van der Waals surface area contributed by atoms with Crippen molar-refractivity contribution in [1.82, 2.24) is 0 Å². The van der Waals surface area contributed by atoms with Crippen molar-refractivity contribution in [2.45, 2.75) is 0 Å². The second kappa shape index (κ2) is 14.0. The van der Waals surface area contributed by atoms with Crippen LogP contribution in [0.4, 0.5) is 11.4 Å². The Morgan fingerprint density at radius 2 is 1.08 bits per heavy atom. The molecule has 0 aromatic heterocycles. The zero-order chi connectivity index (χ0) is 27.5. The van der Waals surface area contributed by atoms with E-state index in [2.05, 4.69) is 9.98 Å². The van der Waals surface area contributed by atoms with Gasteiger partial charge in [-0.25, -0.2) is 0 Å². The van der Waals surface area contributed by atoms with Crippen LogP contribution in [0.2, 0.25) is 0 Å². The fourth-order valence-electron chi connectivity index (χ4n) is 3.94. The van der Waals surface area contributed by atoms with Crippen LogP contribution in [-0.2, 0) is 4.47 Å². The third-order valence-corrected chi connectivity index (χ3v) is 5.86. The van der Waals surface area contributed by atoms with E-state index in [1.807, 2.05) is 115 Å². The molecule has 2 N–H and O–H groups in total. The summed E-state index contributed by atoms with van der Waals surface area (Å²) in [6.07, 6.45) is 3.27. The number of benzene rings is 5. The average molecular weight is 739 g/mol. The maximum absolute atomic E-state index is 10.8. The molecule has 0 heterocycles. The molecule has 0 aliphatic carbocycles. The molecule has 0 aliphatic heterocycles. The van der Waals surface area contributed by atoms with E-state index in [9.17, 15) is 10.2 Å². The molecule has 6 nitrogen and oxygen atoms in total. The molecule has 0 unspecified atom stereocenters. The van der Waals surface area contributed by atoms with Crippen molar-refractivity contribution >= 4 is 23.8 Å². The Hall–Kier alpha value is -4.31. The monoisotopic (exact) mass is 738 g/mol. The van der Waals surface area contributed by atoms with Gasteiger partial charge < -0.3 is 10.2 Å². The van der Waals surface area contributed by atoms with Gasteiger partial charge in [0.2, 0.25) is 0 Å². The van der Waals surface area contributed by atoms with E-state index in [0.717, 1.165) is 22.3 Å². The topological polar surface area (TPSA) is 99.3 Å². The first-order chi connectivity index (χ1) is 19.1. The molecule has 5 aromatic rings. The summed E-state index contributed by atoms with van der Waals surface area (Å²) in [6.45, 7) is 0. The van der Waals surface area contributed by atoms with Gasteiger partial charge in [0.1, 0.15) is 11.5 Å². The molecule has 0 amide bonds. The van der Waals surface area contributed by atoms with Gasteiger partial charge in [-0.3, -0.25) is 9.98 Å². The third kappa shape index (κ3) is 7.38. The van der Waals surface area contributed by atoms with Crippen LogP contribution < -0.4 is 0 Å². The second-order valence-corrected chi connectivity index (χ2v) is 9.03. The molecule has 39 heavy (non-hydrogen) atoms. The number of phenols is 2. The third-order valence-electron chi connectivity index (χ3n) is 5.86. The van der Waals surface area contributed by atoms with E-state index >= 15 is 0 Å². The Bertz CT molecular complexity index is 1650. The van der Waals surface area contributed by atoms with E-state index in [-0.39, 0.29) is 11.5 Å². The van der Waals surface area contributed by atoms with E-state index in [1.165, 1.54) is 0 Å². The molecule has 5 aromatic carbocycles. The molecular formula is C32H24N2O4U. The Balaban J connectivity index is 0.00000112. The van der Waals surface area contributed by atoms with Crippen molar-refractivity contribution in [2.24, 2.45) is 9.98 Å². The molecule has 0 radical (unpaired) electrons. The first-order valence-electron chi connectivity index (χ1n) is 12.0. The average Bonchev–Trinajstić information content (AvgIpc) is 2.98. The predicted molar refractivity (Wildman–Crippen MR) is 149 cm³/mol. The van der Waals surface area contributed by atoms with Crippen LogP contribution in [-0.4, -0.2) is 22.6 Å². The van der Waals surface area contributed by atoms with E-state index in [4.69, 9.17) is 4.47 Å². The fourth-order valence-corrected chi connectivity index (χ4v) is 3.94. The number of aromatic hydroxyl groups is 2. The summed E-state index contributed by atoms with van der Waals surface area (Å²) < 4.78 is 17.2. The summed E-state index contributed by atoms with van der Waals surface area (Å²) in [7, 11) is 0. The van der Waals surface area contributed by atoms with Crippen molar-refractivity contribution in [2.75, 3.05) is 0 Å². The zero-order valence-corrected chi connectivity index (χ0v) is 25.0. The van der Waals surface area contributed by atoms with E-state index in [0.29, 0.717) is 22.5 Å². The van der Waals surface area contributed by atoms with Gasteiger partial charge in [0.25, 0.3) is 0 Å². The maximum atomic E-state index is 10.8. The number of nitrogens with zero attached hydrogens (tertiary/aromatic N) is 2. The summed E-state index contributed by atoms with van der Waals surface area (Å²) >= 11 is -2.51. The Kier molecular flexibility index (Phi) is 9.96. The van der Waals surface area contributed by atoms with Gasteiger partial charge >= 0.3 is 32.3 Å². The van der Waals surface area contributed by atoms with Crippen molar-refractivity contribution in [3.8, 4) is 33.8 Å². The molecule has 0 saturated heterocycles. The number of hydrogen-bond acceptors (Lipinski definition) is 6. The fraction of sp³-hybridized carbons (Fsp3) is 0. The molecule has 5 rings (SSSR count). The summed E-state index contributed by atoms with van der Waals surface area (Å²) in [5, 5.41) is 21.4. The van der Waals surface area contributed by atoms with E-state index in [1.54, 1.807) is 18.5 Å². The minimum atomic E-state index is -2.51. The minimum absolute atomic E-state index is 0.156. The first-order valence-corrected chi connectivity index (χ1v) is 15.4. The van der Waals surface area contributed by atoms with Crippen LogP contribution in [0.25, 0.3) is 22.3 Å². The molecule has 0 saturated carbocycles. The summed E-state index contributed by atoms with van der Waals surface area (Å²) in [5.74, 6) is 0.334. The van der Waals surface area contributed by atoms with Crippen LogP contribution in [0.5, 0.6) is 11.5 Å². The van der Waals surface area contributed by atoms with Crippen LogP contribution in [0.15, 0.2) is 131 Å². The molecule has 0 aliphatic rings. The molecule has 0 fully saturated rings. The van der Waals surface area contributed by atoms with Crippen LogP contribution >= 0.6 is 0 Å². The van der Waals surface area contributed by atoms with Gasteiger partial charge in [-0.2, -0.15) is 0 Å². The molecule has 0 bridgehead atoms. The molecular weight excluding hydrogens is 714 g/mol. The van der Waals surface area contributed by atoms with Crippen molar-refractivity contribution < 1.29 is 42.5 Å². The van der Waals surface area contributed by atoms with Gasteiger partial charge in [-0.05, 0) is 47.0 Å². The standard InChI is InChI=1S/C32H24N2O2.2O.U/c35-31-20-25(23-10-3-1-4-11-23)18-19-26(31)21-33-29-16-7-8-17-30(29)34-22-27-14-9-15-28(32(27)36)24-12-5-2-6-13-24;;;/h1-22,35-36H;;;. The quantitative estimate of drug-likeness (QED) is 0.175. The van der Waals surface area contributed by atoms with Gasteiger partial charge in [0, 0.05) is 29.1 Å².